The summed E-state index contributed by atoms with van der Waals surface area (Å²) in [4.78, 5) is 0.262. The molecule has 0 aliphatic carbocycles. The number of nitrogens with zero attached hydrogens (tertiary/aromatic N) is 3. The lowest BCUT2D eigenvalue weighted by Gasteiger charge is -2.04. The smallest absolute Gasteiger partial charge is 0.240 e. The van der Waals surface area contributed by atoms with Gasteiger partial charge in [0.15, 0.2) is 0 Å². The molecule has 2 rings (SSSR count). The van der Waals surface area contributed by atoms with Crippen LogP contribution in [-0.4, -0.2) is 25.0 Å². The molecule has 0 atom stereocenters. The van der Waals surface area contributed by atoms with Gasteiger partial charge in [0.05, 0.1) is 11.3 Å². The summed E-state index contributed by atoms with van der Waals surface area (Å²) >= 11 is 4.99. The molecule has 0 bridgehead atoms. The topological polar surface area (TPSA) is 81.8 Å². The minimum absolute atomic E-state index is 0.262. The van der Waals surface area contributed by atoms with E-state index in [1.807, 2.05) is 13.8 Å². The number of aromatic amines is 1. The highest BCUT2D eigenvalue weighted by atomic mass is 32.1. The van der Waals surface area contributed by atoms with Crippen LogP contribution in [0.3, 0.4) is 0 Å². The summed E-state index contributed by atoms with van der Waals surface area (Å²) in [6.45, 7) is 3.72. The van der Waals surface area contributed by atoms with Crippen LogP contribution in [0.2, 0.25) is 0 Å². The number of rotatable bonds is 3. The van der Waals surface area contributed by atoms with Gasteiger partial charge >= 0.3 is 0 Å². The van der Waals surface area contributed by atoms with Gasteiger partial charge in [-0.2, -0.15) is 5.10 Å². The predicted molar refractivity (Wildman–Crippen MR) is 67.2 cm³/mol. The van der Waals surface area contributed by atoms with Gasteiger partial charge in [0.25, 0.3) is 0 Å². The summed E-state index contributed by atoms with van der Waals surface area (Å²) in [6, 6.07) is 1.78. The Morgan fingerprint density at radius 2 is 2.24 bits per heavy atom. The molecule has 17 heavy (non-hydrogen) atoms. The van der Waals surface area contributed by atoms with Gasteiger partial charge in [-0.25, -0.2) is 4.68 Å². The van der Waals surface area contributed by atoms with Gasteiger partial charge < -0.3 is 10.5 Å². The fraction of sp³-hybridized carbons (Fsp3) is 0.300. The molecule has 2 heterocycles. The summed E-state index contributed by atoms with van der Waals surface area (Å²) in [5, 5.41) is 11.0. The standard InChI is InChI=1S/C10H13N5OS/c1-5-4-7(13-12-5)16-10-8(9(11)17)6(2)14-15(10)3/h4H,1-3H3,(H2,11,17)(H,12,13). The molecular formula is C10H13N5OS. The zero-order valence-corrected chi connectivity index (χ0v) is 10.6. The molecule has 3 N–H and O–H groups in total. The summed E-state index contributed by atoms with van der Waals surface area (Å²) in [5.74, 6) is 0.963. The van der Waals surface area contributed by atoms with E-state index in [1.54, 1.807) is 17.8 Å². The third-order valence-corrected chi connectivity index (χ3v) is 2.50. The van der Waals surface area contributed by atoms with Crippen molar-refractivity contribution in [3.05, 3.63) is 23.0 Å². The first-order chi connectivity index (χ1) is 7.99. The maximum absolute atomic E-state index is 5.66. The van der Waals surface area contributed by atoms with Gasteiger partial charge in [0.1, 0.15) is 4.99 Å². The molecule has 0 spiro atoms. The molecule has 2 aromatic rings. The van der Waals surface area contributed by atoms with Gasteiger partial charge in [-0.05, 0) is 13.8 Å². The van der Waals surface area contributed by atoms with Gasteiger partial charge in [-0.15, -0.1) is 5.10 Å². The maximum Gasteiger partial charge on any atom is 0.240 e. The summed E-state index contributed by atoms with van der Waals surface area (Å²) in [7, 11) is 1.77. The van der Waals surface area contributed by atoms with Crippen LogP contribution in [0.4, 0.5) is 0 Å². The molecule has 90 valence electrons. The minimum Gasteiger partial charge on any atom is -0.419 e. The van der Waals surface area contributed by atoms with Crippen molar-refractivity contribution in [2.24, 2.45) is 12.8 Å². The Balaban J connectivity index is 2.41. The summed E-state index contributed by atoms with van der Waals surface area (Å²) in [5.41, 5.74) is 7.95. The van der Waals surface area contributed by atoms with E-state index in [-0.39, 0.29) is 4.99 Å². The number of nitrogens with one attached hydrogen (secondary N) is 1. The van der Waals surface area contributed by atoms with Crippen LogP contribution in [0, 0.1) is 13.8 Å². The molecule has 0 aliphatic heterocycles. The number of hydrogen-bond acceptors (Lipinski definition) is 4. The van der Waals surface area contributed by atoms with Crippen molar-refractivity contribution in [1.29, 1.82) is 0 Å². The zero-order chi connectivity index (χ0) is 12.6. The highest BCUT2D eigenvalue weighted by Crippen LogP contribution is 2.26. The first-order valence-corrected chi connectivity index (χ1v) is 5.43. The third kappa shape index (κ3) is 2.14. The quantitative estimate of drug-likeness (QED) is 0.801. The molecule has 0 saturated heterocycles. The Hall–Kier alpha value is -1.89. The Morgan fingerprint density at radius 1 is 1.53 bits per heavy atom. The average Bonchev–Trinajstić information content (AvgIpc) is 2.72. The van der Waals surface area contributed by atoms with Crippen molar-refractivity contribution in [2.75, 3.05) is 0 Å². The van der Waals surface area contributed by atoms with Crippen LogP contribution < -0.4 is 10.5 Å². The van der Waals surface area contributed by atoms with Crippen molar-refractivity contribution < 1.29 is 4.74 Å². The predicted octanol–water partition coefficient (Wildman–Crippen LogP) is 1.19. The third-order valence-electron chi connectivity index (χ3n) is 2.30. The van der Waals surface area contributed by atoms with E-state index in [0.29, 0.717) is 17.3 Å². The zero-order valence-electron chi connectivity index (χ0n) is 9.81. The van der Waals surface area contributed by atoms with Crippen LogP contribution in [0.1, 0.15) is 17.0 Å². The maximum atomic E-state index is 5.66. The fourth-order valence-corrected chi connectivity index (χ4v) is 1.82. The molecular weight excluding hydrogens is 238 g/mol. The molecule has 2 aromatic heterocycles. The second-order valence-electron chi connectivity index (χ2n) is 3.74. The number of aryl methyl sites for hydroxylation is 3. The number of aromatic nitrogens is 4. The normalized spacial score (nSPS) is 10.5. The Morgan fingerprint density at radius 3 is 2.76 bits per heavy atom. The van der Waals surface area contributed by atoms with E-state index < -0.39 is 0 Å². The van der Waals surface area contributed by atoms with Gasteiger partial charge in [0, 0.05) is 18.8 Å². The van der Waals surface area contributed by atoms with Gasteiger partial charge in [-0.3, -0.25) is 5.10 Å². The average molecular weight is 251 g/mol. The molecule has 0 fully saturated rings. The van der Waals surface area contributed by atoms with Crippen LogP contribution in [0.15, 0.2) is 6.07 Å². The monoisotopic (exact) mass is 251 g/mol. The van der Waals surface area contributed by atoms with Gasteiger partial charge in [0.2, 0.25) is 11.8 Å². The SMILES string of the molecule is Cc1cc(Oc2c(C(N)=S)c(C)nn2C)n[nH]1. The molecule has 6 nitrogen and oxygen atoms in total. The van der Waals surface area contributed by atoms with Gasteiger partial charge in [-0.1, -0.05) is 12.2 Å². The van der Waals surface area contributed by atoms with E-state index in [4.69, 9.17) is 22.7 Å². The van der Waals surface area contributed by atoms with Crippen molar-refractivity contribution in [3.63, 3.8) is 0 Å². The molecule has 0 saturated carbocycles. The summed E-state index contributed by atoms with van der Waals surface area (Å²) in [6.07, 6.45) is 0. The lowest BCUT2D eigenvalue weighted by molar-refractivity contribution is 0.414. The van der Waals surface area contributed by atoms with Crippen LogP contribution in [0.5, 0.6) is 11.8 Å². The Bertz CT molecular complexity index is 571. The minimum atomic E-state index is 0.262. The van der Waals surface area contributed by atoms with E-state index >= 15 is 0 Å². The first-order valence-electron chi connectivity index (χ1n) is 5.02. The van der Waals surface area contributed by atoms with E-state index in [0.717, 1.165) is 11.4 Å². The van der Waals surface area contributed by atoms with Crippen LogP contribution in [0.25, 0.3) is 0 Å². The molecule has 0 amide bonds. The van der Waals surface area contributed by atoms with E-state index in [9.17, 15) is 0 Å². The second kappa shape index (κ2) is 4.17. The number of H-pyrrole nitrogens is 1. The fourth-order valence-electron chi connectivity index (χ4n) is 1.58. The van der Waals surface area contributed by atoms with Crippen molar-refractivity contribution >= 4 is 17.2 Å². The van der Waals surface area contributed by atoms with Crippen LogP contribution >= 0.6 is 12.2 Å². The lowest BCUT2D eigenvalue weighted by atomic mass is 10.2. The largest absolute Gasteiger partial charge is 0.419 e. The number of ether oxygens (including phenoxy) is 1. The second-order valence-corrected chi connectivity index (χ2v) is 4.18. The molecule has 0 radical (unpaired) electrons. The molecule has 7 heteroatoms. The summed E-state index contributed by atoms with van der Waals surface area (Å²) < 4.78 is 7.22. The molecule has 0 aromatic carbocycles. The number of thiocarbonyl (C=S) groups is 1. The van der Waals surface area contributed by atoms with Crippen molar-refractivity contribution in [2.45, 2.75) is 13.8 Å². The molecule has 0 aliphatic rings. The molecule has 0 unspecified atom stereocenters. The number of hydrogen-bond donors (Lipinski definition) is 2. The van der Waals surface area contributed by atoms with Crippen molar-refractivity contribution in [3.8, 4) is 11.8 Å². The highest BCUT2D eigenvalue weighted by Gasteiger charge is 2.18. The Labute approximate surface area is 104 Å². The van der Waals surface area contributed by atoms with Crippen LogP contribution in [-0.2, 0) is 7.05 Å². The highest BCUT2D eigenvalue weighted by molar-refractivity contribution is 7.80. The van der Waals surface area contributed by atoms with Crippen molar-refractivity contribution in [1.82, 2.24) is 20.0 Å². The lowest BCUT2D eigenvalue weighted by Crippen LogP contribution is -2.11. The van der Waals surface area contributed by atoms with E-state index in [2.05, 4.69) is 15.3 Å². The first kappa shape index (κ1) is 11.6. The van der Waals surface area contributed by atoms with E-state index in [1.165, 1.54) is 0 Å². The number of nitrogens with two attached hydrogens (primary N) is 1. The Kier molecular flexibility index (Phi) is 2.84.